The van der Waals surface area contributed by atoms with Crippen LogP contribution >= 0.6 is 0 Å². The molecule has 0 aromatic heterocycles. The van der Waals surface area contributed by atoms with Crippen LogP contribution in [0.15, 0.2) is 0 Å². The van der Waals surface area contributed by atoms with Crippen molar-refractivity contribution in [1.82, 2.24) is 14.7 Å². The lowest BCUT2D eigenvalue weighted by atomic mass is 9.90. The van der Waals surface area contributed by atoms with Crippen molar-refractivity contribution in [2.75, 3.05) is 39.8 Å². The highest BCUT2D eigenvalue weighted by Gasteiger charge is 2.30. The second-order valence-electron chi connectivity index (χ2n) is 10.3. The average molecular weight is 338 g/mol. The van der Waals surface area contributed by atoms with Gasteiger partial charge in [0.1, 0.15) is 0 Å². The molecule has 0 aliphatic carbocycles. The molecule has 2 rings (SSSR count). The summed E-state index contributed by atoms with van der Waals surface area (Å²) in [5.41, 5.74) is 0.688. The Hall–Kier alpha value is -0.120. The molecule has 142 valence electrons. The van der Waals surface area contributed by atoms with Crippen molar-refractivity contribution < 1.29 is 0 Å². The van der Waals surface area contributed by atoms with E-state index < -0.39 is 0 Å². The molecule has 0 radical (unpaired) electrons. The molecule has 2 fully saturated rings. The molecule has 0 aromatic rings. The van der Waals surface area contributed by atoms with Crippen LogP contribution in [0.25, 0.3) is 0 Å². The van der Waals surface area contributed by atoms with Crippen LogP contribution < -0.4 is 0 Å². The van der Waals surface area contributed by atoms with Gasteiger partial charge in [0.25, 0.3) is 0 Å². The van der Waals surface area contributed by atoms with Gasteiger partial charge in [-0.2, -0.15) is 0 Å². The van der Waals surface area contributed by atoms with E-state index in [9.17, 15) is 0 Å². The van der Waals surface area contributed by atoms with Crippen LogP contribution in [0, 0.1) is 5.92 Å². The fraction of sp³-hybridized carbons (Fsp3) is 1.00. The molecule has 0 amide bonds. The highest BCUT2D eigenvalue weighted by molar-refractivity contribution is 4.86. The van der Waals surface area contributed by atoms with E-state index in [-0.39, 0.29) is 0 Å². The topological polar surface area (TPSA) is 9.72 Å². The molecule has 2 aliphatic heterocycles. The van der Waals surface area contributed by atoms with Crippen LogP contribution in [-0.4, -0.2) is 71.6 Å². The summed E-state index contributed by atoms with van der Waals surface area (Å²) < 4.78 is 0. The second kappa shape index (κ2) is 8.05. The van der Waals surface area contributed by atoms with Gasteiger partial charge in [-0.25, -0.2) is 0 Å². The van der Waals surface area contributed by atoms with Gasteiger partial charge in [0.05, 0.1) is 0 Å². The molecule has 3 nitrogen and oxygen atoms in total. The van der Waals surface area contributed by atoms with Gasteiger partial charge < -0.3 is 4.90 Å². The number of hydrogen-bond acceptors (Lipinski definition) is 3. The number of piperidine rings is 2. The summed E-state index contributed by atoms with van der Waals surface area (Å²) in [6.45, 7) is 20.5. The monoisotopic (exact) mass is 337 g/mol. The summed E-state index contributed by atoms with van der Waals surface area (Å²) in [4.78, 5) is 7.98. The minimum Gasteiger partial charge on any atom is -0.303 e. The third-order valence-electron chi connectivity index (χ3n) is 6.49. The standard InChI is InChI=1S/C21H43N3/c1-20(2,3)23-14-9-18(10-15-23)8-13-22(7)19-11-16-24(17-12-19)21(4,5)6/h18-19H,8-17H2,1-7H3. The van der Waals surface area contributed by atoms with Gasteiger partial charge in [0, 0.05) is 30.2 Å². The lowest BCUT2D eigenvalue weighted by molar-refractivity contribution is 0.0573. The molecule has 0 atom stereocenters. The molecule has 0 aromatic carbocycles. The van der Waals surface area contributed by atoms with Crippen molar-refractivity contribution in [2.24, 2.45) is 5.92 Å². The molecule has 24 heavy (non-hydrogen) atoms. The minimum atomic E-state index is 0.338. The van der Waals surface area contributed by atoms with Crippen LogP contribution in [0.2, 0.25) is 0 Å². The van der Waals surface area contributed by atoms with Crippen molar-refractivity contribution in [3.63, 3.8) is 0 Å². The summed E-state index contributed by atoms with van der Waals surface area (Å²) >= 11 is 0. The van der Waals surface area contributed by atoms with Crippen molar-refractivity contribution in [1.29, 1.82) is 0 Å². The predicted octanol–water partition coefficient (Wildman–Crippen LogP) is 4.08. The lowest BCUT2D eigenvalue weighted by Gasteiger charge is -2.44. The fourth-order valence-electron chi connectivity index (χ4n) is 4.44. The van der Waals surface area contributed by atoms with Crippen LogP contribution in [-0.2, 0) is 0 Å². The van der Waals surface area contributed by atoms with E-state index >= 15 is 0 Å². The Morgan fingerprint density at radius 2 is 1.17 bits per heavy atom. The number of rotatable bonds is 4. The predicted molar refractivity (Wildman–Crippen MR) is 106 cm³/mol. The quantitative estimate of drug-likeness (QED) is 0.765. The Labute approximate surface area is 151 Å². The maximum atomic E-state index is 2.66. The van der Waals surface area contributed by atoms with E-state index in [0.29, 0.717) is 11.1 Å². The third kappa shape index (κ3) is 5.71. The van der Waals surface area contributed by atoms with Crippen LogP contribution in [0.1, 0.15) is 73.6 Å². The van der Waals surface area contributed by atoms with E-state index in [2.05, 4.69) is 63.3 Å². The van der Waals surface area contributed by atoms with Gasteiger partial charge in [-0.3, -0.25) is 9.80 Å². The number of likely N-dealkylation sites (tertiary alicyclic amines) is 2. The minimum absolute atomic E-state index is 0.338. The van der Waals surface area contributed by atoms with Crippen molar-refractivity contribution in [3.8, 4) is 0 Å². The van der Waals surface area contributed by atoms with Crippen LogP contribution in [0.3, 0.4) is 0 Å². The zero-order valence-corrected chi connectivity index (χ0v) is 17.6. The summed E-state index contributed by atoms with van der Waals surface area (Å²) in [5, 5.41) is 0. The van der Waals surface area contributed by atoms with Crippen molar-refractivity contribution >= 4 is 0 Å². The largest absolute Gasteiger partial charge is 0.303 e. The average Bonchev–Trinajstić information content (AvgIpc) is 2.51. The maximum absolute atomic E-state index is 2.66. The van der Waals surface area contributed by atoms with E-state index in [1.54, 1.807) is 0 Å². The van der Waals surface area contributed by atoms with E-state index in [4.69, 9.17) is 0 Å². The molecule has 3 heteroatoms. The highest BCUT2D eigenvalue weighted by atomic mass is 15.2. The maximum Gasteiger partial charge on any atom is 0.0125 e. The summed E-state index contributed by atoms with van der Waals surface area (Å²) in [6, 6.07) is 0.804. The van der Waals surface area contributed by atoms with E-state index in [1.807, 2.05) is 0 Å². The number of nitrogens with zero attached hydrogens (tertiary/aromatic N) is 3. The molecule has 0 unspecified atom stereocenters. The Morgan fingerprint density at radius 3 is 1.58 bits per heavy atom. The smallest absolute Gasteiger partial charge is 0.0125 e. The molecule has 0 spiro atoms. The molecular formula is C21H43N3. The zero-order chi connectivity index (χ0) is 18.0. The van der Waals surface area contributed by atoms with Crippen molar-refractivity contribution in [3.05, 3.63) is 0 Å². The Kier molecular flexibility index (Phi) is 6.78. The molecule has 2 saturated heterocycles. The molecule has 2 aliphatic rings. The van der Waals surface area contributed by atoms with Crippen LogP contribution in [0.5, 0.6) is 0 Å². The summed E-state index contributed by atoms with van der Waals surface area (Å²) in [7, 11) is 2.36. The zero-order valence-electron chi connectivity index (χ0n) is 17.6. The van der Waals surface area contributed by atoms with Gasteiger partial charge in [0.15, 0.2) is 0 Å². The first-order valence-electron chi connectivity index (χ1n) is 10.3. The molecule has 2 heterocycles. The Morgan fingerprint density at radius 1 is 0.750 bits per heavy atom. The first kappa shape index (κ1) is 20.2. The summed E-state index contributed by atoms with van der Waals surface area (Å²) in [5.74, 6) is 0.945. The Bertz CT molecular complexity index is 364. The fourth-order valence-corrected chi connectivity index (χ4v) is 4.44. The summed E-state index contributed by atoms with van der Waals surface area (Å²) in [6.07, 6.45) is 6.88. The van der Waals surface area contributed by atoms with Gasteiger partial charge in [0.2, 0.25) is 0 Å². The third-order valence-corrected chi connectivity index (χ3v) is 6.49. The highest BCUT2D eigenvalue weighted by Crippen LogP contribution is 2.27. The van der Waals surface area contributed by atoms with E-state index in [1.165, 1.54) is 64.8 Å². The first-order chi connectivity index (χ1) is 11.1. The Balaban J connectivity index is 1.67. The van der Waals surface area contributed by atoms with Gasteiger partial charge >= 0.3 is 0 Å². The molecule has 0 N–H and O–H groups in total. The van der Waals surface area contributed by atoms with Crippen molar-refractivity contribution in [2.45, 2.75) is 90.8 Å². The molecule has 0 bridgehead atoms. The lowest BCUT2D eigenvalue weighted by Crippen LogP contribution is -2.50. The molecule has 0 saturated carbocycles. The normalized spacial score (nSPS) is 24.0. The number of hydrogen-bond donors (Lipinski definition) is 0. The van der Waals surface area contributed by atoms with Crippen LogP contribution in [0.4, 0.5) is 0 Å². The van der Waals surface area contributed by atoms with Gasteiger partial charge in [-0.05, 0) is 106 Å². The second-order valence-corrected chi connectivity index (χ2v) is 10.3. The van der Waals surface area contributed by atoms with Gasteiger partial charge in [-0.1, -0.05) is 0 Å². The first-order valence-corrected chi connectivity index (χ1v) is 10.3. The van der Waals surface area contributed by atoms with E-state index in [0.717, 1.165) is 12.0 Å². The van der Waals surface area contributed by atoms with Gasteiger partial charge in [-0.15, -0.1) is 0 Å². The SMILES string of the molecule is CN(CCC1CCN(C(C)(C)C)CC1)C1CCN(C(C)(C)C)CC1. The molecular weight excluding hydrogens is 294 g/mol.